The molecule has 0 aliphatic carbocycles. The summed E-state index contributed by atoms with van der Waals surface area (Å²) in [5.41, 5.74) is 0. The van der Waals surface area contributed by atoms with Crippen molar-refractivity contribution in [2.45, 2.75) is 39.8 Å². The van der Waals surface area contributed by atoms with E-state index in [-0.39, 0.29) is 12.4 Å². The van der Waals surface area contributed by atoms with Crippen LogP contribution in [0.1, 0.15) is 27.7 Å². The molecule has 0 atom stereocenters. The Hall–Kier alpha value is 0.730. The zero-order valence-electron chi connectivity index (χ0n) is 7.80. The molecular formula is C8H19BrClN. The summed E-state index contributed by atoms with van der Waals surface area (Å²) in [4.78, 5) is 2.47. The summed E-state index contributed by atoms with van der Waals surface area (Å²) in [5, 5.41) is 1.07. The van der Waals surface area contributed by atoms with Gasteiger partial charge in [-0.3, -0.25) is 4.90 Å². The fourth-order valence-corrected chi connectivity index (χ4v) is 1.62. The van der Waals surface area contributed by atoms with Gasteiger partial charge < -0.3 is 0 Å². The van der Waals surface area contributed by atoms with Gasteiger partial charge in [0.15, 0.2) is 0 Å². The molecule has 0 unspecified atom stereocenters. The highest BCUT2D eigenvalue weighted by molar-refractivity contribution is 9.09. The van der Waals surface area contributed by atoms with E-state index in [4.69, 9.17) is 0 Å². The third-order valence-corrected chi connectivity index (χ3v) is 2.02. The molecule has 0 rings (SSSR count). The smallest absolute Gasteiger partial charge is 0.0159 e. The fourth-order valence-electron chi connectivity index (χ4n) is 1.21. The van der Waals surface area contributed by atoms with Gasteiger partial charge in [-0.25, -0.2) is 0 Å². The monoisotopic (exact) mass is 243 g/mol. The van der Waals surface area contributed by atoms with Gasteiger partial charge in [0.1, 0.15) is 0 Å². The van der Waals surface area contributed by atoms with Crippen LogP contribution in [0.3, 0.4) is 0 Å². The van der Waals surface area contributed by atoms with E-state index in [9.17, 15) is 0 Å². The number of nitrogens with zero attached hydrogens (tertiary/aromatic N) is 1. The molecule has 0 radical (unpaired) electrons. The first-order valence-electron chi connectivity index (χ1n) is 3.91. The Bertz CT molecular complexity index is 78.2. The Morgan fingerprint density at radius 1 is 1.09 bits per heavy atom. The van der Waals surface area contributed by atoms with Crippen molar-refractivity contribution in [3.05, 3.63) is 0 Å². The van der Waals surface area contributed by atoms with Gasteiger partial charge in [0.2, 0.25) is 0 Å². The molecule has 70 valence electrons. The van der Waals surface area contributed by atoms with E-state index in [1.807, 2.05) is 0 Å². The van der Waals surface area contributed by atoms with Crippen LogP contribution in [0.2, 0.25) is 0 Å². The van der Waals surface area contributed by atoms with Crippen molar-refractivity contribution >= 4 is 28.3 Å². The molecule has 0 N–H and O–H groups in total. The van der Waals surface area contributed by atoms with Crippen molar-refractivity contribution in [3.8, 4) is 0 Å². The molecule has 0 aliphatic heterocycles. The number of halogens is 2. The van der Waals surface area contributed by atoms with Gasteiger partial charge in [-0.15, -0.1) is 12.4 Å². The summed E-state index contributed by atoms with van der Waals surface area (Å²) in [6.07, 6.45) is 0. The molecule has 0 aromatic heterocycles. The minimum absolute atomic E-state index is 0. The maximum atomic E-state index is 3.44. The van der Waals surface area contributed by atoms with Crippen molar-refractivity contribution in [3.63, 3.8) is 0 Å². The van der Waals surface area contributed by atoms with Crippen LogP contribution < -0.4 is 0 Å². The van der Waals surface area contributed by atoms with Crippen LogP contribution in [0.25, 0.3) is 0 Å². The average Bonchev–Trinajstić information content (AvgIpc) is 1.81. The third-order valence-electron chi connectivity index (χ3n) is 1.67. The Morgan fingerprint density at radius 3 is 1.55 bits per heavy atom. The molecule has 3 heteroatoms. The molecule has 0 spiro atoms. The third kappa shape index (κ3) is 5.94. The fraction of sp³-hybridized carbons (Fsp3) is 1.00. The molecule has 0 heterocycles. The minimum Gasteiger partial charge on any atom is -0.298 e. The van der Waals surface area contributed by atoms with Gasteiger partial charge in [0, 0.05) is 24.0 Å². The molecule has 0 aliphatic rings. The predicted molar refractivity (Wildman–Crippen MR) is 58.0 cm³/mol. The van der Waals surface area contributed by atoms with Gasteiger partial charge >= 0.3 is 0 Å². The lowest BCUT2D eigenvalue weighted by molar-refractivity contribution is 0.188. The van der Waals surface area contributed by atoms with E-state index in [1.165, 1.54) is 0 Å². The minimum atomic E-state index is 0. The normalized spacial score (nSPS) is 10.9. The zero-order chi connectivity index (χ0) is 8.15. The molecule has 0 aromatic carbocycles. The Labute approximate surface area is 85.1 Å². The van der Waals surface area contributed by atoms with Crippen molar-refractivity contribution in [2.24, 2.45) is 0 Å². The Balaban J connectivity index is 0. The van der Waals surface area contributed by atoms with Crippen LogP contribution in [0.15, 0.2) is 0 Å². The summed E-state index contributed by atoms with van der Waals surface area (Å²) < 4.78 is 0. The second-order valence-electron chi connectivity index (χ2n) is 3.11. The van der Waals surface area contributed by atoms with Crippen molar-refractivity contribution in [1.29, 1.82) is 0 Å². The van der Waals surface area contributed by atoms with E-state index >= 15 is 0 Å². The van der Waals surface area contributed by atoms with Gasteiger partial charge in [0.05, 0.1) is 0 Å². The van der Waals surface area contributed by atoms with Crippen LogP contribution in [-0.2, 0) is 0 Å². The van der Waals surface area contributed by atoms with Crippen molar-refractivity contribution in [1.82, 2.24) is 4.90 Å². The first-order chi connectivity index (χ1) is 4.59. The van der Waals surface area contributed by atoms with Crippen molar-refractivity contribution < 1.29 is 0 Å². The summed E-state index contributed by atoms with van der Waals surface area (Å²) in [7, 11) is 0. The van der Waals surface area contributed by atoms with E-state index in [2.05, 4.69) is 48.5 Å². The molecule has 11 heavy (non-hydrogen) atoms. The molecule has 0 aromatic rings. The van der Waals surface area contributed by atoms with Crippen molar-refractivity contribution in [2.75, 3.05) is 11.9 Å². The van der Waals surface area contributed by atoms with Crippen LogP contribution in [0.4, 0.5) is 0 Å². The Kier molecular flexibility index (Phi) is 9.57. The molecule has 0 bridgehead atoms. The van der Waals surface area contributed by atoms with Gasteiger partial charge in [0.25, 0.3) is 0 Å². The highest BCUT2D eigenvalue weighted by Crippen LogP contribution is 2.04. The molecular weight excluding hydrogens is 225 g/mol. The standard InChI is InChI=1S/C8H18BrN.ClH/c1-7(2)10(6-5-9)8(3)4;/h7-8H,5-6H2,1-4H3;1H. The van der Waals surface area contributed by atoms with Crippen LogP contribution in [-0.4, -0.2) is 28.9 Å². The number of hydrogen-bond donors (Lipinski definition) is 0. The summed E-state index contributed by atoms with van der Waals surface area (Å²) in [6, 6.07) is 1.33. The summed E-state index contributed by atoms with van der Waals surface area (Å²) in [6.45, 7) is 10.1. The molecule has 0 fully saturated rings. The topological polar surface area (TPSA) is 3.24 Å². The maximum Gasteiger partial charge on any atom is 0.0159 e. The summed E-state index contributed by atoms with van der Waals surface area (Å²) in [5.74, 6) is 0. The highest BCUT2D eigenvalue weighted by atomic mass is 79.9. The van der Waals surface area contributed by atoms with E-state index < -0.39 is 0 Å². The van der Waals surface area contributed by atoms with E-state index in [0.717, 1.165) is 11.9 Å². The highest BCUT2D eigenvalue weighted by Gasteiger charge is 2.10. The molecule has 0 saturated heterocycles. The first-order valence-corrected chi connectivity index (χ1v) is 5.03. The van der Waals surface area contributed by atoms with E-state index in [1.54, 1.807) is 0 Å². The first kappa shape index (κ1) is 14.3. The van der Waals surface area contributed by atoms with Crippen LogP contribution in [0.5, 0.6) is 0 Å². The van der Waals surface area contributed by atoms with Gasteiger partial charge in [-0.1, -0.05) is 15.9 Å². The average molecular weight is 245 g/mol. The lowest BCUT2D eigenvalue weighted by Gasteiger charge is -2.29. The number of alkyl halides is 1. The van der Waals surface area contributed by atoms with Crippen LogP contribution >= 0.6 is 28.3 Å². The summed E-state index contributed by atoms with van der Waals surface area (Å²) >= 11 is 3.44. The second kappa shape index (κ2) is 7.38. The lowest BCUT2D eigenvalue weighted by Crippen LogP contribution is -2.38. The molecule has 1 nitrogen and oxygen atoms in total. The molecule has 0 amide bonds. The predicted octanol–water partition coefficient (Wildman–Crippen LogP) is 2.92. The SMILES string of the molecule is CC(C)N(CCBr)C(C)C.Cl. The van der Waals surface area contributed by atoms with E-state index in [0.29, 0.717) is 12.1 Å². The van der Waals surface area contributed by atoms with Gasteiger partial charge in [-0.2, -0.15) is 0 Å². The Morgan fingerprint density at radius 2 is 1.45 bits per heavy atom. The number of hydrogen-bond acceptors (Lipinski definition) is 1. The second-order valence-corrected chi connectivity index (χ2v) is 3.91. The largest absolute Gasteiger partial charge is 0.298 e. The quantitative estimate of drug-likeness (QED) is 0.688. The zero-order valence-corrected chi connectivity index (χ0v) is 10.2. The lowest BCUT2D eigenvalue weighted by atomic mass is 10.2. The van der Waals surface area contributed by atoms with Crippen LogP contribution in [0, 0.1) is 0 Å². The number of rotatable bonds is 4. The van der Waals surface area contributed by atoms with Gasteiger partial charge in [-0.05, 0) is 27.7 Å². The maximum absolute atomic E-state index is 3.44. The molecule has 0 saturated carbocycles.